The third-order valence-electron chi connectivity index (χ3n) is 3.60. The van der Waals surface area contributed by atoms with Crippen molar-refractivity contribution in [2.75, 3.05) is 18.4 Å². The molecule has 3 rings (SSSR count). The number of nitrogens with one attached hydrogen (secondary N) is 2. The highest BCUT2D eigenvalue weighted by Gasteiger charge is 2.10. The third-order valence-corrected chi connectivity index (χ3v) is 3.91. The van der Waals surface area contributed by atoms with Crippen molar-refractivity contribution in [2.24, 2.45) is 7.05 Å². The fourth-order valence-corrected chi connectivity index (χ4v) is 2.68. The molecule has 3 aromatic rings. The van der Waals surface area contributed by atoms with E-state index in [2.05, 4.69) is 25.7 Å². The first-order valence-electron chi connectivity index (χ1n) is 7.47. The number of carbonyl (C=O) groups is 1. The molecule has 0 fully saturated rings. The zero-order chi connectivity index (χ0) is 17.1. The molecule has 0 aliphatic heterocycles. The van der Waals surface area contributed by atoms with E-state index >= 15 is 0 Å². The minimum Gasteiger partial charge on any atom is -0.368 e. The van der Waals surface area contributed by atoms with E-state index in [1.54, 1.807) is 23.0 Å². The molecule has 24 heavy (non-hydrogen) atoms. The monoisotopic (exact) mass is 344 g/mol. The van der Waals surface area contributed by atoms with Gasteiger partial charge in [0, 0.05) is 20.1 Å². The normalized spacial score (nSPS) is 10.8. The molecule has 0 aliphatic rings. The predicted octanol–water partition coefficient (Wildman–Crippen LogP) is 2.17. The maximum Gasteiger partial charge on any atom is 0.252 e. The number of halogens is 1. The summed E-state index contributed by atoms with van der Waals surface area (Å²) in [4.78, 5) is 20.5. The molecule has 0 bridgehead atoms. The van der Waals surface area contributed by atoms with Gasteiger partial charge in [-0.25, -0.2) is 9.97 Å². The summed E-state index contributed by atoms with van der Waals surface area (Å²) in [6.45, 7) is 2.89. The van der Waals surface area contributed by atoms with Gasteiger partial charge in [0.1, 0.15) is 12.1 Å². The number of benzene rings is 1. The van der Waals surface area contributed by atoms with Crippen molar-refractivity contribution in [3.05, 3.63) is 46.9 Å². The van der Waals surface area contributed by atoms with Crippen LogP contribution in [0.2, 0.25) is 5.02 Å². The molecule has 0 saturated carbocycles. The molecule has 0 saturated heterocycles. The number of rotatable bonds is 5. The van der Waals surface area contributed by atoms with Crippen molar-refractivity contribution in [3.8, 4) is 0 Å². The lowest BCUT2D eigenvalue weighted by Crippen LogP contribution is -2.29. The maximum absolute atomic E-state index is 12.1. The Labute approximate surface area is 144 Å². The fraction of sp³-hybridized carbons (Fsp3) is 0.250. The lowest BCUT2D eigenvalue weighted by atomic mass is 10.1. The van der Waals surface area contributed by atoms with E-state index in [-0.39, 0.29) is 5.91 Å². The average Bonchev–Trinajstić information content (AvgIpc) is 2.93. The van der Waals surface area contributed by atoms with Gasteiger partial charge in [0.05, 0.1) is 22.2 Å². The van der Waals surface area contributed by atoms with Gasteiger partial charge in [-0.05, 0) is 24.6 Å². The Morgan fingerprint density at radius 3 is 2.92 bits per heavy atom. The Balaban J connectivity index is 1.57. The van der Waals surface area contributed by atoms with Crippen LogP contribution in [0.4, 0.5) is 5.82 Å². The molecule has 1 amide bonds. The van der Waals surface area contributed by atoms with Crippen LogP contribution in [0.15, 0.2) is 30.7 Å². The van der Waals surface area contributed by atoms with E-state index in [9.17, 15) is 4.79 Å². The molecular formula is C16H17ClN6O. The van der Waals surface area contributed by atoms with Crippen LogP contribution in [0.1, 0.15) is 15.9 Å². The molecule has 1 aromatic carbocycles. The van der Waals surface area contributed by atoms with Gasteiger partial charge in [-0.2, -0.15) is 5.10 Å². The van der Waals surface area contributed by atoms with Gasteiger partial charge in [0.15, 0.2) is 5.65 Å². The Morgan fingerprint density at radius 1 is 1.29 bits per heavy atom. The number of amides is 1. The molecule has 0 aliphatic carbocycles. The van der Waals surface area contributed by atoms with Crippen LogP contribution < -0.4 is 10.6 Å². The van der Waals surface area contributed by atoms with E-state index in [1.165, 1.54) is 6.33 Å². The van der Waals surface area contributed by atoms with Gasteiger partial charge in [-0.3, -0.25) is 9.48 Å². The molecule has 0 unspecified atom stereocenters. The van der Waals surface area contributed by atoms with Gasteiger partial charge in [-0.1, -0.05) is 17.7 Å². The van der Waals surface area contributed by atoms with E-state index in [4.69, 9.17) is 11.6 Å². The zero-order valence-corrected chi connectivity index (χ0v) is 14.1. The minimum atomic E-state index is -0.198. The zero-order valence-electron chi connectivity index (χ0n) is 13.4. The van der Waals surface area contributed by atoms with E-state index in [0.29, 0.717) is 29.5 Å². The van der Waals surface area contributed by atoms with Crippen molar-refractivity contribution in [1.82, 2.24) is 25.1 Å². The number of nitrogens with zero attached hydrogens (tertiary/aromatic N) is 4. The average molecular weight is 345 g/mol. The van der Waals surface area contributed by atoms with Crippen molar-refractivity contribution >= 4 is 34.4 Å². The summed E-state index contributed by atoms with van der Waals surface area (Å²) in [5.74, 6) is 0.492. The molecular weight excluding hydrogens is 328 g/mol. The quantitative estimate of drug-likeness (QED) is 0.693. The van der Waals surface area contributed by atoms with Crippen LogP contribution in [0, 0.1) is 6.92 Å². The third kappa shape index (κ3) is 3.30. The largest absolute Gasteiger partial charge is 0.368 e. The number of anilines is 1. The second kappa shape index (κ2) is 6.84. The molecule has 2 aromatic heterocycles. The smallest absolute Gasteiger partial charge is 0.252 e. The summed E-state index contributed by atoms with van der Waals surface area (Å²) in [5.41, 5.74) is 2.24. The second-order valence-electron chi connectivity index (χ2n) is 5.39. The van der Waals surface area contributed by atoms with Crippen molar-refractivity contribution in [1.29, 1.82) is 0 Å². The molecule has 0 radical (unpaired) electrons. The van der Waals surface area contributed by atoms with Gasteiger partial charge < -0.3 is 10.6 Å². The number of hydrogen-bond acceptors (Lipinski definition) is 5. The standard InChI is InChI=1S/C16H17ClN6O/c1-10-3-4-11(13(17)7-10)16(24)19-6-5-18-14-12-8-22-23(2)15(12)21-9-20-14/h3-4,7-9H,5-6H2,1-2H3,(H,19,24)(H,18,20,21). The number of aromatic nitrogens is 4. The summed E-state index contributed by atoms with van der Waals surface area (Å²) >= 11 is 6.10. The highest BCUT2D eigenvalue weighted by atomic mass is 35.5. The van der Waals surface area contributed by atoms with Gasteiger partial charge in [-0.15, -0.1) is 0 Å². The van der Waals surface area contributed by atoms with Crippen LogP contribution in [0.25, 0.3) is 11.0 Å². The fourth-order valence-electron chi connectivity index (χ4n) is 2.36. The van der Waals surface area contributed by atoms with Gasteiger partial charge in [0.2, 0.25) is 0 Å². The van der Waals surface area contributed by atoms with Gasteiger partial charge >= 0.3 is 0 Å². The summed E-state index contributed by atoms with van der Waals surface area (Å²) in [6, 6.07) is 5.36. The summed E-state index contributed by atoms with van der Waals surface area (Å²) in [5, 5.41) is 11.5. The highest BCUT2D eigenvalue weighted by Crippen LogP contribution is 2.18. The Bertz CT molecular complexity index is 891. The minimum absolute atomic E-state index is 0.198. The van der Waals surface area contributed by atoms with E-state index in [0.717, 1.165) is 16.6 Å². The van der Waals surface area contributed by atoms with Crippen LogP contribution in [0.5, 0.6) is 0 Å². The topological polar surface area (TPSA) is 84.7 Å². The molecule has 8 heteroatoms. The number of aryl methyl sites for hydroxylation is 2. The molecule has 0 atom stereocenters. The molecule has 124 valence electrons. The molecule has 2 N–H and O–H groups in total. The lowest BCUT2D eigenvalue weighted by molar-refractivity contribution is 0.0955. The van der Waals surface area contributed by atoms with Crippen molar-refractivity contribution in [3.63, 3.8) is 0 Å². The van der Waals surface area contributed by atoms with Crippen LogP contribution >= 0.6 is 11.6 Å². The van der Waals surface area contributed by atoms with Crippen molar-refractivity contribution in [2.45, 2.75) is 6.92 Å². The highest BCUT2D eigenvalue weighted by molar-refractivity contribution is 6.33. The molecule has 2 heterocycles. The predicted molar refractivity (Wildman–Crippen MR) is 93.3 cm³/mol. The van der Waals surface area contributed by atoms with Crippen molar-refractivity contribution < 1.29 is 4.79 Å². The van der Waals surface area contributed by atoms with Gasteiger partial charge in [0.25, 0.3) is 5.91 Å². The number of carbonyl (C=O) groups excluding carboxylic acids is 1. The van der Waals surface area contributed by atoms with Crippen LogP contribution in [0.3, 0.4) is 0 Å². The van der Waals surface area contributed by atoms with Crippen LogP contribution in [-0.4, -0.2) is 38.7 Å². The number of fused-ring (bicyclic) bond motifs is 1. The second-order valence-corrected chi connectivity index (χ2v) is 5.80. The Morgan fingerprint density at radius 2 is 2.12 bits per heavy atom. The molecule has 0 spiro atoms. The SMILES string of the molecule is Cc1ccc(C(=O)NCCNc2ncnc3c2cnn3C)c(Cl)c1. The van der Waals surface area contributed by atoms with E-state index in [1.807, 2.05) is 20.0 Å². The van der Waals surface area contributed by atoms with Crippen LogP contribution in [-0.2, 0) is 7.05 Å². The Hall–Kier alpha value is -2.67. The summed E-state index contributed by atoms with van der Waals surface area (Å²) < 4.78 is 1.68. The first kappa shape index (κ1) is 16.2. The first-order chi connectivity index (χ1) is 11.6. The number of hydrogen-bond donors (Lipinski definition) is 2. The maximum atomic E-state index is 12.1. The summed E-state index contributed by atoms with van der Waals surface area (Å²) in [6.07, 6.45) is 3.19. The first-order valence-corrected chi connectivity index (χ1v) is 7.85. The summed E-state index contributed by atoms with van der Waals surface area (Å²) in [7, 11) is 1.82. The van der Waals surface area contributed by atoms with E-state index < -0.39 is 0 Å². The Kier molecular flexibility index (Phi) is 4.61. The molecule has 7 nitrogen and oxygen atoms in total. The lowest BCUT2D eigenvalue weighted by Gasteiger charge is -2.09.